The summed E-state index contributed by atoms with van der Waals surface area (Å²) in [5.74, 6) is 0.144. The first-order valence-corrected chi connectivity index (χ1v) is 5.55. The van der Waals surface area contributed by atoms with E-state index in [1.165, 1.54) is 11.1 Å². The molecule has 1 atom stereocenters. The zero-order chi connectivity index (χ0) is 11.0. The summed E-state index contributed by atoms with van der Waals surface area (Å²) in [7, 11) is 0. The van der Waals surface area contributed by atoms with Crippen molar-refractivity contribution in [1.29, 1.82) is 0 Å². The smallest absolute Gasteiger partial charge is 0.224 e. The van der Waals surface area contributed by atoms with Crippen LogP contribution in [-0.2, 0) is 17.6 Å². The fourth-order valence-electron chi connectivity index (χ4n) is 2.38. The molecule has 0 N–H and O–H groups in total. The van der Waals surface area contributed by atoms with Crippen LogP contribution in [0.5, 0.6) is 0 Å². The van der Waals surface area contributed by atoms with Crippen LogP contribution >= 0.6 is 0 Å². The lowest BCUT2D eigenvalue weighted by molar-refractivity contribution is -0.116. The highest BCUT2D eigenvalue weighted by Crippen LogP contribution is 2.32. The van der Waals surface area contributed by atoms with E-state index in [2.05, 4.69) is 32.0 Å². The monoisotopic (exact) mass is 203 g/mol. The number of benzene rings is 1. The predicted molar refractivity (Wildman–Crippen MR) is 62.1 cm³/mol. The van der Waals surface area contributed by atoms with E-state index in [1.54, 1.807) is 6.92 Å². The molecular weight excluding hydrogens is 186 g/mol. The lowest BCUT2D eigenvalue weighted by Gasteiger charge is -2.20. The molecule has 0 bridgehead atoms. The van der Waals surface area contributed by atoms with Crippen molar-refractivity contribution in [2.45, 2.75) is 39.7 Å². The largest absolute Gasteiger partial charge is 0.309 e. The molecule has 1 amide bonds. The second kappa shape index (κ2) is 3.69. The van der Waals surface area contributed by atoms with Gasteiger partial charge in [0.2, 0.25) is 5.91 Å². The number of nitrogens with zero attached hydrogens (tertiary/aromatic N) is 1. The topological polar surface area (TPSA) is 20.3 Å². The van der Waals surface area contributed by atoms with Crippen LogP contribution < -0.4 is 4.90 Å². The summed E-state index contributed by atoms with van der Waals surface area (Å²) in [4.78, 5) is 13.4. The molecule has 0 saturated carbocycles. The highest BCUT2D eigenvalue weighted by molar-refractivity contribution is 5.94. The highest BCUT2D eigenvalue weighted by Gasteiger charge is 2.28. The van der Waals surface area contributed by atoms with E-state index >= 15 is 0 Å². The number of anilines is 1. The number of hydrogen-bond donors (Lipinski definition) is 0. The van der Waals surface area contributed by atoms with Gasteiger partial charge in [0, 0.05) is 18.7 Å². The van der Waals surface area contributed by atoms with Gasteiger partial charge in [-0.15, -0.1) is 0 Å². The molecule has 2 rings (SSSR count). The zero-order valence-electron chi connectivity index (χ0n) is 9.58. The molecule has 0 spiro atoms. The summed E-state index contributed by atoms with van der Waals surface area (Å²) in [6.45, 7) is 5.90. The summed E-state index contributed by atoms with van der Waals surface area (Å²) in [6.07, 6.45) is 2.05. The van der Waals surface area contributed by atoms with Crippen molar-refractivity contribution in [2.24, 2.45) is 0 Å². The fourth-order valence-corrected chi connectivity index (χ4v) is 2.38. The molecule has 2 heteroatoms. The van der Waals surface area contributed by atoms with Crippen LogP contribution in [0.2, 0.25) is 0 Å². The van der Waals surface area contributed by atoms with E-state index in [1.807, 2.05) is 4.90 Å². The van der Waals surface area contributed by atoms with Gasteiger partial charge in [0.15, 0.2) is 0 Å². The Morgan fingerprint density at radius 3 is 2.87 bits per heavy atom. The fraction of sp³-hybridized carbons (Fsp3) is 0.462. The van der Waals surface area contributed by atoms with Crippen LogP contribution in [-0.4, -0.2) is 11.9 Å². The molecule has 2 nitrogen and oxygen atoms in total. The second-order valence-corrected chi connectivity index (χ2v) is 4.26. The predicted octanol–water partition coefficient (Wildman–Crippen LogP) is 2.55. The number of hydrogen-bond acceptors (Lipinski definition) is 1. The van der Waals surface area contributed by atoms with Gasteiger partial charge < -0.3 is 4.90 Å². The normalized spacial score (nSPS) is 19.1. The van der Waals surface area contributed by atoms with Crippen LogP contribution in [0.1, 0.15) is 31.9 Å². The van der Waals surface area contributed by atoms with Gasteiger partial charge >= 0.3 is 0 Å². The van der Waals surface area contributed by atoms with Crippen molar-refractivity contribution in [3.05, 3.63) is 29.3 Å². The second-order valence-electron chi connectivity index (χ2n) is 4.26. The van der Waals surface area contributed by atoms with Gasteiger partial charge in [-0.1, -0.05) is 19.1 Å². The molecule has 1 aromatic carbocycles. The first kappa shape index (κ1) is 10.2. The van der Waals surface area contributed by atoms with E-state index in [9.17, 15) is 4.79 Å². The van der Waals surface area contributed by atoms with E-state index < -0.39 is 0 Å². The van der Waals surface area contributed by atoms with Crippen molar-refractivity contribution < 1.29 is 4.79 Å². The van der Waals surface area contributed by atoms with Crippen molar-refractivity contribution >= 4 is 11.6 Å². The molecule has 80 valence electrons. The van der Waals surface area contributed by atoms with Gasteiger partial charge in [-0.05, 0) is 37.0 Å². The molecule has 1 aliphatic heterocycles. The number of amides is 1. The molecular formula is C13H17NO. The number of rotatable bonds is 1. The Bertz CT molecular complexity index is 398. The van der Waals surface area contributed by atoms with Gasteiger partial charge in [0.05, 0.1) is 0 Å². The van der Waals surface area contributed by atoms with Gasteiger partial charge in [-0.25, -0.2) is 0 Å². The van der Waals surface area contributed by atoms with Crippen molar-refractivity contribution in [2.75, 3.05) is 4.90 Å². The average Bonchev–Trinajstić information content (AvgIpc) is 2.52. The maximum atomic E-state index is 11.5. The lowest BCUT2D eigenvalue weighted by atomic mass is 10.1. The van der Waals surface area contributed by atoms with Crippen LogP contribution in [0.3, 0.4) is 0 Å². The first-order valence-electron chi connectivity index (χ1n) is 5.55. The third-order valence-electron chi connectivity index (χ3n) is 3.11. The molecule has 1 heterocycles. The van der Waals surface area contributed by atoms with Crippen LogP contribution in [0, 0.1) is 0 Å². The number of carbonyl (C=O) groups excluding carboxylic acids is 1. The van der Waals surface area contributed by atoms with E-state index in [0.29, 0.717) is 6.04 Å². The Balaban J connectivity index is 2.43. The molecule has 0 saturated heterocycles. The Morgan fingerprint density at radius 1 is 1.53 bits per heavy atom. The Labute approximate surface area is 90.9 Å². The molecule has 0 fully saturated rings. The molecule has 15 heavy (non-hydrogen) atoms. The highest BCUT2D eigenvalue weighted by atomic mass is 16.2. The molecule has 1 aliphatic rings. The van der Waals surface area contributed by atoms with Crippen molar-refractivity contribution in [3.63, 3.8) is 0 Å². The molecule has 0 aromatic heterocycles. The van der Waals surface area contributed by atoms with E-state index in [-0.39, 0.29) is 5.91 Å². The lowest BCUT2D eigenvalue weighted by Crippen LogP contribution is -2.33. The van der Waals surface area contributed by atoms with Crippen LogP contribution in [0.25, 0.3) is 0 Å². The summed E-state index contributed by atoms with van der Waals surface area (Å²) in [6, 6.07) is 6.74. The van der Waals surface area contributed by atoms with E-state index in [0.717, 1.165) is 18.5 Å². The Morgan fingerprint density at radius 2 is 2.27 bits per heavy atom. The minimum absolute atomic E-state index is 0.144. The summed E-state index contributed by atoms with van der Waals surface area (Å²) >= 11 is 0. The summed E-state index contributed by atoms with van der Waals surface area (Å²) in [5, 5.41) is 0. The molecule has 1 unspecified atom stereocenters. The minimum atomic E-state index is 0.144. The van der Waals surface area contributed by atoms with Gasteiger partial charge in [0.25, 0.3) is 0 Å². The summed E-state index contributed by atoms with van der Waals surface area (Å²) < 4.78 is 0. The SMILES string of the molecule is CCc1ccc2c(c1)CC(C)N2C(C)=O. The maximum absolute atomic E-state index is 11.5. The number of fused-ring (bicyclic) bond motifs is 1. The van der Waals surface area contributed by atoms with Gasteiger partial charge in [-0.3, -0.25) is 4.79 Å². The Hall–Kier alpha value is -1.31. The van der Waals surface area contributed by atoms with Crippen molar-refractivity contribution in [1.82, 2.24) is 0 Å². The average molecular weight is 203 g/mol. The molecule has 0 radical (unpaired) electrons. The third-order valence-corrected chi connectivity index (χ3v) is 3.11. The Kier molecular flexibility index (Phi) is 2.51. The minimum Gasteiger partial charge on any atom is -0.309 e. The van der Waals surface area contributed by atoms with Crippen LogP contribution in [0.4, 0.5) is 5.69 Å². The van der Waals surface area contributed by atoms with Crippen LogP contribution in [0.15, 0.2) is 18.2 Å². The molecule has 1 aromatic rings. The molecule has 0 aliphatic carbocycles. The quantitative estimate of drug-likeness (QED) is 0.687. The first-order chi connectivity index (χ1) is 7.13. The zero-order valence-corrected chi connectivity index (χ0v) is 9.58. The van der Waals surface area contributed by atoms with E-state index in [4.69, 9.17) is 0 Å². The van der Waals surface area contributed by atoms with Crippen molar-refractivity contribution in [3.8, 4) is 0 Å². The number of carbonyl (C=O) groups is 1. The standard InChI is InChI=1S/C13H17NO/c1-4-11-5-6-13-12(8-11)7-9(2)14(13)10(3)15/h5-6,8-9H,4,7H2,1-3H3. The third kappa shape index (κ3) is 1.65. The number of aryl methyl sites for hydroxylation is 1. The maximum Gasteiger partial charge on any atom is 0.224 e. The van der Waals surface area contributed by atoms with Gasteiger partial charge in [0.1, 0.15) is 0 Å². The summed E-state index contributed by atoms with van der Waals surface area (Å²) in [5.41, 5.74) is 3.77. The van der Waals surface area contributed by atoms with Gasteiger partial charge in [-0.2, -0.15) is 0 Å².